The first kappa shape index (κ1) is 14.0. The Morgan fingerprint density at radius 2 is 2.32 bits per heavy atom. The molecule has 1 heterocycles. The van der Waals surface area contributed by atoms with Crippen molar-refractivity contribution in [3.8, 4) is 5.75 Å². The fraction of sp³-hybridized carbons (Fsp3) is 0.462. The second-order valence-corrected chi connectivity index (χ2v) is 5.04. The number of nitrogens with two attached hydrogens (primary N) is 1. The number of anilines is 1. The van der Waals surface area contributed by atoms with Gasteiger partial charge in [0.05, 0.1) is 23.4 Å². The van der Waals surface area contributed by atoms with Gasteiger partial charge in [-0.1, -0.05) is 11.6 Å². The summed E-state index contributed by atoms with van der Waals surface area (Å²) in [6, 6.07) is 3.35. The third-order valence-electron chi connectivity index (χ3n) is 3.45. The largest absolute Gasteiger partial charge is 0.496 e. The molecule has 1 unspecified atom stereocenters. The van der Waals surface area contributed by atoms with E-state index in [1.807, 2.05) is 0 Å². The van der Waals surface area contributed by atoms with Gasteiger partial charge in [-0.15, -0.1) is 0 Å². The fourth-order valence-corrected chi connectivity index (χ4v) is 2.39. The minimum absolute atomic E-state index is 0.104. The molecule has 0 radical (unpaired) electrons. The molecule has 0 saturated carbocycles. The second-order valence-electron chi connectivity index (χ2n) is 4.64. The Morgan fingerprint density at radius 1 is 1.58 bits per heavy atom. The van der Waals surface area contributed by atoms with Crippen molar-refractivity contribution >= 4 is 23.2 Å². The number of likely N-dealkylation sites (N-methyl/N-ethyl adjacent to an activating group) is 1. The van der Waals surface area contributed by atoms with Crippen LogP contribution < -0.4 is 15.8 Å². The molecule has 1 aromatic rings. The maximum absolute atomic E-state index is 12.5. The first-order valence-corrected chi connectivity index (χ1v) is 6.53. The maximum atomic E-state index is 12.5. The Labute approximate surface area is 117 Å². The van der Waals surface area contributed by atoms with E-state index in [-0.39, 0.29) is 11.9 Å². The summed E-state index contributed by atoms with van der Waals surface area (Å²) in [5.74, 6) is 0.345. The normalized spacial score (nSPS) is 18.4. The number of hydrogen-bond donors (Lipinski definition) is 2. The molecule has 1 amide bonds. The van der Waals surface area contributed by atoms with Crippen LogP contribution in [0.4, 0.5) is 5.69 Å². The zero-order valence-electron chi connectivity index (χ0n) is 11.1. The molecule has 0 aromatic heterocycles. The van der Waals surface area contributed by atoms with Crippen molar-refractivity contribution in [2.24, 2.45) is 0 Å². The maximum Gasteiger partial charge on any atom is 0.257 e. The van der Waals surface area contributed by atoms with E-state index in [4.69, 9.17) is 22.1 Å². The topological polar surface area (TPSA) is 67.6 Å². The third kappa shape index (κ3) is 2.77. The van der Waals surface area contributed by atoms with Gasteiger partial charge in [-0.3, -0.25) is 4.79 Å². The van der Waals surface area contributed by atoms with Crippen molar-refractivity contribution in [2.45, 2.75) is 12.5 Å². The van der Waals surface area contributed by atoms with E-state index in [2.05, 4.69) is 5.32 Å². The first-order valence-electron chi connectivity index (χ1n) is 6.15. The first-order chi connectivity index (χ1) is 9.04. The summed E-state index contributed by atoms with van der Waals surface area (Å²) in [4.78, 5) is 14.2. The van der Waals surface area contributed by atoms with Crippen LogP contribution >= 0.6 is 11.6 Å². The molecule has 1 aliphatic heterocycles. The lowest BCUT2D eigenvalue weighted by Gasteiger charge is -2.24. The lowest BCUT2D eigenvalue weighted by atomic mass is 10.1. The van der Waals surface area contributed by atoms with Crippen LogP contribution in [0.2, 0.25) is 5.02 Å². The van der Waals surface area contributed by atoms with Gasteiger partial charge in [-0.25, -0.2) is 0 Å². The van der Waals surface area contributed by atoms with E-state index in [0.717, 1.165) is 19.5 Å². The van der Waals surface area contributed by atoms with Gasteiger partial charge < -0.3 is 20.7 Å². The van der Waals surface area contributed by atoms with Crippen LogP contribution in [0, 0.1) is 0 Å². The number of carbonyl (C=O) groups excluding carboxylic acids is 1. The summed E-state index contributed by atoms with van der Waals surface area (Å²) in [6.45, 7) is 1.75. The lowest BCUT2D eigenvalue weighted by Crippen LogP contribution is -2.38. The van der Waals surface area contributed by atoms with Gasteiger partial charge in [0.25, 0.3) is 5.91 Å². The van der Waals surface area contributed by atoms with Crippen molar-refractivity contribution in [2.75, 3.05) is 33.0 Å². The predicted molar refractivity (Wildman–Crippen MR) is 75.8 cm³/mol. The average Bonchev–Trinajstić information content (AvgIpc) is 2.93. The van der Waals surface area contributed by atoms with Crippen LogP contribution in [0.1, 0.15) is 16.8 Å². The number of rotatable bonds is 3. The van der Waals surface area contributed by atoms with Gasteiger partial charge in [0.2, 0.25) is 0 Å². The summed E-state index contributed by atoms with van der Waals surface area (Å²) in [5, 5.41) is 3.60. The smallest absolute Gasteiger partial charge is 0.257 e. The molecular formula is C13H18ClN3O2. The molecule has 104 valence electrons. The van der Waals surface area contributed by atoms with Gasteiger partial charge in [0.1, 0.15) is 5.75 Å². The number of ether oxygens (including phenoxy) is 1. The fourth-order valence-electron chi connectivity index (χ4n) is 2.23. The molecule has 0 aliphatic carbocycles. The van der Waals surface area contributed by atoms with Crippen molar-refractivity contribution in [1.82, 2.24) is 10.2 Å². The summed E-state index contributed by atoms with van der Waals surface area (Å²) in [6.07, 6.45) is 0.952. The van der Waals surface area contributed by atoms with Crippen LogP contribution in [-0.2, 0) is 0 Å². The predicted octanol–water partition coefficient (Wildman–Crippen LogP) is 1.36. The number of halogens is 1. The molecule has 1 aromatic carbocycles. The van der Waals surface area contributed by atoms with Gasteiger partial charge in [0.15, 0.2) is 0 Å². The third-order valence-corrected chi connectivity index (χ3v) is 3.78. The minimum Gasteiger partial charge on any atom is -0.496 e. The van der Waals surface area contributed by atoms with E-state index in [1.54, 1.807) is 24.1 Å². The highest BCUT2D eigenvalue weighted by atomic mass is 35.5. The molecular weight excluding hydrogens is 266 g/mol. The molecule has 0 bridgehead atoms. The molecule has 2 rings (SSSR count). The highest BCUT2D eigenvalue weighted by molar-refractivity contribution is 6.33. The zero-order chi connectivity index (χ0) is 14.0. The monoisotopic (exact) mass is 283 g/mol. The summed E-state index contributed by atoms with van der Waals surface area (Å²) >= 11 is 5.99. The molecule has 3 N–H and O–H groups in total. The van der Waals surface area contributed by atoms with Crippen LogP contribution in [0.15, 0.2) is 12.1 Å². The number of nitrogens with zero attached hydrogens (tertiary/aromatic N) is 1. The van der Waals surface area contributed by atoms with Crippen molar-refractivity contribution < 1.29 is 9.53 Å². The molecule has 6 heteroatoms. The van der Waals surface area contributed by atoms with Gasteiger partial charge >= 0.3 is 0 Å². The SMILES string of the molecule is COc1cc(N)c(Cl)cc1C(=O)N(C)C1CCNC1. The Bertz CT molecular complexity index is 487. The standard InChI is InChI=1S/C13H18ClN3O2/c1-17(8-3-4-16-7-8)13(18)9-5-10(14)11(15)6-12(9)19-2/h5-6,8,16H,3-4,7,15H2,1-2H3. The number of amides is 1. The zero-order valence-corrected chi connectivity index (χ0v) is 11.8. The van der Waals surface area contributed by atoms with Crippen LogP contribution in [0.3, 0.4) is 0 Å². The highest BCUT2D eigenvalue weighted by Gasteiger charge is 2.26. The molecule has 1 aliphatic rings. The molecule has 0 spiro atoms. The number of hydrogen-bond acceptors (Lipinski definition) is 4. The Balaban J connectivity index is 2.29. The van der Waals surface area contributed by atoms with Crippen LogP contribution in [-0.4, -0.2) is 44.1 Å². The Kier molecular flexibility index (Phi) is 4.17. The van der Waals surface area contributed by atoms with Gasteiger partial charge in [-0.05, 0) is 19.0 Å². The van der Waals surface area contributed by atoms with Crippen molar-refractivity contribution in [1.29, 1.82) is 0 Å². The number of nitrogens with one attached hydrogen (secondary N) is 1. The van der Waals surface area contributed by atoms with Crippen molar-refractivity contribution in [3.63, 3.8) is 0 Å². The van der Waals surface area contributed by atoms with Crippen LogP contribution in [0.5, 0.6) is 5.75 Å². The lowest BCUT2D eigenvalue weighted by molar-refractivity contribution is 0.0740. The highest BCUT2D eigenvalue weighted by Crippen LogP contribution is 2.30. The van der Waals surface area contributed by atoms with E-state index in [9.17, 15) is 4.79 Å². The molecule has 5 nitrogen and oxygen atoms in total. The Morgan fingerprint density at radius 3 is 2.89 bits per heavy atom. The molecule has 19 heavy (non-hydrogen) atoms. The number of carbonyl (C=O) groups is 1. The van der Waals surface area contributed by atoms with E-state index in [1.165, 1.54) is 7.11 Å². The van der Waals surface area contributed by atoms with Gasteiger partial charge in [-0.2, -0.15) is 0 Å². The molecule has 1 saturated heterocycles. The summed E-state index contributed by atoms with van der Waals surface area (Å²) < 4.78 is 5.21. The minimum atomic E-state index is -0.104. The summed E-state index contributed by atoms with van der Waals surface area (Å²) in [7, 11) is 3.31. The van der Waals surface area contributed by atoms with E-state index < -0.39 is 0 Å². The summed E-state index contributed by atoms with van der Waals surface area (Å²) in [5.41, 5.74) is 6.56. The molecule has 1 atom stereocenters. The molecule has 1 fully saturated rings. The quantitative estimate of drug-likeness (QED) is 0.822. The van der Waals surface area contributed by atoms with Crippen molar-refractivity contribution in [3.05, 3.63) is 22.7 Å². The second kappa shape index (κ2) is 5.67. The van der Waals surface area contributed by atoms with Crippen LogP contribution in [0.25, 0.3) is 0 Å². The average molecular weight is 284 g/mol. The van der Waals surface area contributed by atoms with E-state index in [0.29, 0.717) is 22.0 Å². The van der Waals surface area contributed by atoms with E-state index >= 15 is 0 Å². The number of methoxy groups -OCH3 is 1. The Hall–Kier alpha value is -1.46. The number of nitrogen functional groups attached to an aromatic ring is 1. The number of benzene rings is 1. The van der Waals surface area contributed by atoms with Gasteiger partial charge in [0, 0.05) is 25.7 Å².